The molecule has 4 heteroatoms. The van der Waals surface area contributed by atoms with Crippen LogP contribution in [0.5, 0.6) is 0 Å². The minimum absolute atomic E-state index is 0.533. The Bertz CT molecular complexity index is 1310. The Morgan fingerprint density at radius 3 is 2.38 bits per heavy atom. The van der Waals surface area contributed by atoms with E-state index < -0.39 is 5.97 Å². The number of aromatic nitrogens is 1. The second-order valence-corrected chi connectivity index (χ2v) is 9.00. The number of carbonyl (C=O) groups is 1. The molecule has 1 saturated carbocycles. The molecular weight excluding hydrogens is 414 g/mol. The Hall–Kier alpha value is -3.50. The number of carboxylic acids is 1. The van der Waals surface area contributed by atoms with Gasteiger partial charge in [0.15, 0.2) is 0 Å². The fourth-order valence-electron chi connectivity index (χ4n) is 4.32. The second kappa shape index (κ2) is 8.93. The quantitative estimate of drug-likeness (QED) is 0.257. The average molecular weight is 438 g/mol. The first kappa shape index (κ1) is 20.4. The van der Waals surface area contributed by atoms with E-state index in [2.05, 4.69) is 65.6 Å². The number of thiazole rings is 1. The van der Waals surface area contributed by atoms with Gasteiger partial charge in [-0.25, -0.2) is 9.78 Å². The van der Waals surface area contributed by atoms with Crippen molar-refractivity contribution in [2.75, 3.05) is 0 Å². The predicted molar refractivity (Wildman–Crippen MR) is 132 cm³/mol. The van der Waals surface area contributed by atoms with E-state index in [1.165, 1.54) is 52.3 Å². The highest BCUT2D eigenvalue weighted by molar-refractivity contribution is 7.16. The van der Waals surface area contributed by atoms with Gasteiger partial charge in [0.2, 0.25) is 0 Å². The Labute approximate surface area is 191 Å². The molecule has 1 N–H and O–H groups in total. The lowest BCUT2D eigenvalue weighted by atomic mass is 9.73. The third kappa shape index (κ3) is 4.14. The normalized spacial score (nSPS) is 15.0. The van der Waals surface area contributed by atoms with E-state index in [1.54, 1.807) is 17.4 Å². The van der Waals surface area contributed by atoms with E-state index in [0.29, 0.717) is 5.92 Å². The fourth-order valence-corrected chi connectivity index (χ4v) is 4.98. The predicted octanol–water partition coefficient (Wildman–Crippen LogP) is 7.15. The third-order valence-electron chi connectivity index (χ3n) is 6.10. The molecule has 3 nitrogen and oxygen atoms in total. The maximum atomic E-state index is 10.9. The summed E-state index contributed by atoms with van der Waals surface area (Å²) in [6.07, 6.45) is 6.46. The van der Waals surface area contributed by atoms with Crippen LogP contribution in [0.3, 0.4) is 0 Å². The van der Waals surface area contributed by atoms with E-state index in [1.807, 2.05) is 17.6 Å². The van der Waals surface area contributed by atoms with Gasteiger partial charge in [0, 0.05) is 6.08 Å². The fraction of sp³-hybridized carbons (Fsp3) is 0.143. The number of allylic oxidation sites excluding steroid dienone is 1. The standard InChI is InChI=1S/C28H23NO2S/c30-26(31)16-11-19-9-12-22(13-10-19)28(23-14-15-25-24(17-23)29-18-32-25)27(21-7-4-8-21)20-5-2-1-3-6-20/h1-3,5-6,9-18,21H,4,7-8H2,(H,30,31). The van der Waals surface area contributed by atoms with Gasteiger partial charge in [-0.1, -0.05) is 67.1 Å². The van der Waals surface area contributed by atoms with Crippen molar-refractivity contribution in [2.24, 2.45) is 5.92 Å². The number of rotatable bonds is 6. The highest BCUT2D eigenvalue weighted by Crippen LogP contribution is 2.45. The topological polar surface area (TPSA) is 50.2 Å². The molecule has 0 amide bonds. The number of benzene rings is 3. The van der Waals surface area contributed by atoms with Crippen molar-refractivity contribution in [3.63, 3.8) is 0 Å². The van der Waals surface area contributed by atoms with Crippen molar-refractivity contribution < 1.29 is 9.90 Å². The van der Waals surface area contributed by atoms with Gasteiger partial charge in [-0.05, 0) is 70.4 Å². The van der Waals surface area contributed by atoms with Crippen LogP contribution in [0.25, 0.3) is 27.4 Å². The van der Waals surface area contributed by atoms with E-state index in [-0.39, 0.29) is 0 Å². The SMILES string of the molecule is O=C(O)C=Cc1ccc(C(=C(c2ccccc2)C2CCC2)c2ccc3scnc3c2)cc1. The lowest BCUT2D eigenvalue weighted by Gasteiger charge is -2.31. The van der Waals surface area contributed by atoms with Crippen molar-refractivity contribution in [3.05, 3.63) is 107 Å². The first-order valence-electron chi connectivity index (χ1n) is 10.8. The molecule has 1 aliphatic carbocycles. The largest absolute Gasteiger partial charge is 0.478 e. The summed E-state index contributed by atoms with van der Waals surface area (Å²) in [4.78, 5) is 15.4. The van der Waals surface area contributed by atoms with Crippen LogP contribution in [0.2, 0.25) is 0 Å². The number of nitrogens with zero attached hydrogens (tertiary/aromatic N) is 1. The molecule has 32 heavy (non-hydrogen) atoms. The Morgan fingerprint density at radius 1 is 0.938 bits per heavy atom. The lowest BCUT2D eigenvalue weighted by Crippen LogP contribution is -2.15. The van der Waals surface area contributed by atoms with Crippen molar-refractivity contribution in [2.45, 2.75) is 19.3 Å². The van der Waals surface area contributed by atoms with Crippen molar-refractivity contribution in [3.8, 4) is 0 Å². The number of hydrogen-bond donors (Lipinski definition) is 1. The molecule has 1 fully saturated rings. The molecule has 5 rings (SSSR count). The second-order valence-electron chi connectivity index (χ2n) is 8.11. The summed E-state index contributed by atoms with van der Waals surface area (Å²) in [7, 11) is 0. The van der Waals surface area contributed by atoms with Gasteiger partial charge in [-0.15, -0.1) is 11.3 Å². The van der Waals surface area contributed by atoms with Crippen LogP contribution in [0.1, 0.15) is 41.5 Å². The minimum Gasteiger partial charge on any atom is -0.478 e. The molecule has 0 radical (unpaired) electrons. The van der Waals surface area contributed by atoms with Crippen LogP contribution < -0.4 is 0 Å². The zero-order valence-electron chi connectivity index (χ0n) is 17.6. The van der Waals surface area contributed by atoms with Crippen LogP contribution in [0, 0.1) is 5.92 Å². The summed E-state index contributed by atoms with van der Waals surface area (Å²) < 4.78 is 1.19. The summed E-state index contributed by atoms with van der Waals surface area (Å²) in [5.41, 5.74) is 9.99. The molecule has 0 spiro atoms. The molecule has 1 aliphatic rings. The number of fused-ring (bicyclic) bond motifs is 1. The minimum atomic E-state index is -0.942. The third-order valence-corrected chi connectivity index (χ3v) is 6.91. The Kier molecular flexibility index (Phi) is 5.70. The first-order valence-corrected chi connectivity index (χ1v) is 11.7. The molecule has 0 aliphatic heterocycles. The van der Waals surface area contributed by atoms with Crippen molar-refractivity contribution in [1.29, 1.82) is 0 Å². The maximum absolute atomic E-state index is 10.9. The van der Waals surface area contributed by atoms with Crippen LogP contribution in [0.15, 0.2) is 84.4 Å². The highest BCUT2D eigenvalue weighted by atomic mass is 32.1. The van der Waals surface area contributed by atoms with Crippen molar-refractivity contribution >= 4 is 44.7 Å². The van der Waals surface area contributed by atoms with Crippen LogP contribution in [0.4, 0.5) is 0 Å². The molecule has 1 heterocycles. The van der Waals surface area contributed by atoms with E-state index in [9.17, 15) is 4.79 Å². The van der Waals surface area contributed by atoms with E-state index >= 15 is 0 Å². The van der Waals surface area contributed by atoms with Gasteiger partial charge in [-0.3, -0.25) is 0 Å². The summed E-state index contributed by atoms with van der Waals surface area (Å²) in [5, 5.41) is 8.93. The number of hydrogen-bond acceptors (Lipinski definition) is 3. The van der Waals surface area contributed by atoms with E-state index in [0.717, 1.165) is 16.6 Å². The molecule has 158 valence electrons. The zero-order valence-corrected chi connectivity index (χ0v) is 18.4. The Balaban J connectivity index is 1.71. The van der Waals surface area contributed by atoms with Gasteiger partial charge < -0.3 is 5.11 Å². The van der Waals surface area contributed by atoms with Gasteiger partial charge in [0.1, 0.15) is 0 Å². The molecule has 4 aromatic rings. The first-order chi connectivity index (χ1) is 15.7. The van der Waals surface area contributed by atoms with Gasteiger partial charge in [0.05, 0.1) is 15.7 Å². The maximum Gasteiger partial charge on any atom is 0.328 e. The highest BCUT2D eigenvalue weighted by Gasteiger charge is 2.27. The van der Waals surface area contributed by atoms with Gasteiger partial charge in [0.25, 0.3) is 0 Å². The van der Waals surface area contributed by atoms with Gasteiger partial charge in [-0.2, -0.15) is 0 Å². The molecule has 0 saturated heterocycles. The smallest absolute Gasteiger partial charge is 0.328 e. The molecule has 1 aromatic heterocycles. The van der Waals surface area contributed by atoms with Crippen LogP contribution in [-0.4, -0.2) is 16.1 Å². The molecule has 0 bridgehead atoms. The lowest BCUT2D eigenvalue weighted by molar-refractivity contribution is -0.131. The Morgan fingerprint density at radius 2 is 1.69 bits per heavy atom. The number of carboxylic acid groups (broad SMARTS) is 1. The zero-order chi connectivity index (χ0) is 21.9. The average Bonchev–Trinajstić information content (AvgIpc) is 3.25. The van der Waals surface area contributed by atoms with Crippen molar-refractivity contribution in [1.82, 2.24) is 4.98 Å². The molecule has 3 aromatic carbocycles. The summed E-state index contributed by atoms with van der Waals surface area (Å²) >= 11 is 1.66. The van der Waals surface area contributed by atoms with Crippen LogP contribution in [-0.2, 0) is 4.79 Å². The van der Waals surface area contributed by atoms with E-state index in [4.69, 9.17) is 5.11 Å². The van der Waals surface area contributed by atoms with Gasteiger partial charge >= 0.3 is 5.97 Å². The summed E-state index contributed by atoms with van der Waals surface area (Å²) in [6.45, 7) is 0. The number of aliphatic carboxylic acids is 1. The monoisotopic (exact) mass is 437 g/mol. The van der Waals surface area contributed by atoms with Crippen LogP contribution >= 0.6 is 11.3 Å². The molecule has 0 atom stereocenters. The molecular formula is C28H23NO2S. The molecule has 0 unspecified atom stereocenters. The summed E-state index contributed by atoms with van der Waals surface area (Å²) in [5.74, 6) is -0.410. The summed E-state index contributed by atoms with van der Waals surface area (Å²) in [6, 6.07) is 25.4.